The SMILES string of the molecule is CC/C=C\C/C=C\C/C=C\C/C=C\CCCCC(=O)OCC(COP(=O)(O)OCC(CO)OC(=O)CCCCC/C=C\C/C=C\C/C=C\CC)OC(=O)CCCC/C=C\C/C=C\C/C=C\C/C=C\CC. The van der Waals surface area contributed by atoms with E-state index in [0.717, 1.165) is 116 Å². The third kappa shape index (κ3) is 48.6. The number of hydrogen-bond donors (Lipinski definition) is 2. The maximum atomic E-state index is 12.9. The van der Waals surface area contributed by atoms with Crippen molar-refractivity contribution in [1.82, 2.24) is 0 Å². The molecule has 0 aliphatic carbocycles. The smallest absolute Gasteiger partial charge is 0.462 e. The largest absolute Gasteiger partial charge is 0.472 e. The van der Waals surface area contributed by atoms with Crippen LogP contribution >= 0.6 is 7.82 Å². The fourth-order valence-electron chi connectivity index (χ4n) is 6.17. The van der Waals surface area contributed by atoms with E-state index in [1.54, 1.807) is 0 Å². The lowest BCUT2D eigenvalue weighted by Crippen LogP contribution is -2.30. The summed E-state index contributed by atoms with van der Waals surface area (Å²) in [6, 6.07) is 0. The topological polar surface area (TPSA) is 155 Å². The number of esters is 3. The van der Waals surface area contributed by atoms with Crippen molar-refractivity contribution in [3.8, 4) is 0 Å². The van der Waals surface area contributed by atoms with Gasteiger partial charge in [0, 0.05) is 19.3 Å². The Labute approximate surface area is 423 Å². The zero-order valence-electron chi connectivity index (χ0n) is 43.2. The zero-order chi connectivity index (χ0) is 51.3. The third-order valence-corrected chi connectivity index (χ3v) is 11.0. The molecule has 0 amide bonds. The third-order valence-electron chi connectivity index (χ3n) is 10.1. The Hall–Kier alpha value is -4.38. The Morgan fingerprint density at radius 3 is 1.07 bits per heavy atom. The molecule has 0 spiro atoms. The number of phosphoric acid groups is 1. The minimum absolute atomic E-state index is 0.0958. The second-order valence-electron chi connectivity index (χ2n) is 16.5. The average molecular weight is 995 g/mol. The van der Waals surface area contributed by atoms with E-state index in [1.807, 2.05) is 0 Å². The van der Waals surface area contributed by atoms with E-state index >= 15 is 0 Å². The van der Waals surface area contributed by atoms with E-state index in [-0.39, 0.29) is 25.9 Å². The molecule has 0 aliphatic heterocycles. The van der Waals surface area contributed by atoms with Gasteiger partial charge in [-0.3, -0.25) is 23.4 Å². The van der Waals surface area contributed by atoms with Gasteiger partial charge in [-0.2, -0.15) is 0 Å². The van der Waals surface area contributed by atoms with Gasteiger partial charge in [-0.25, -0.2) is 4.57 Å². The van der Waals surface area contributed by atoms with E-state index in [4.69, 9.17) is 23.3 Å². The first-order valence-corrected chi connectivity index (χ1v) is 27.6. The van der Waals surface area contributed by atoms with Crippen molar-refractivity contribution in [2.45, 2.75) is 187 Å². The van der Waals surface area contributed by atoms with Crippen LogP contribution < -0.4 is 0 Å². The van der Waals surface area contributed by atoms with Gasteiger partial charge < -0.3 is 24.2 Å². The second-order valence-corrected chi connectivity index (χ2v) is 18.0. The van der Waals surface area contributed by atoms with E-state index in [0.29, 0.717) is 19.3 Å². The summed E-state index contributed by atoms with van der Waals surface area (Å²) in [7, 11) is -4.78. The van der Waals surface area contributed by atoms with Crippen LogP contribution in [0.15, 0.2) is 134 Å². The lowest BCUT2D eigenvalue weighted by Gasteiger charge is -2.21. The molecule has 0 aliphatic rings. The van der Waals surface area contributed by atoms with E-state index < -0.39 is 57.8 Å². The second kappa shape index (κ2) is 51.0. The van der Waals surface area contributed by atoms with Crippen molar-refractivity contribution >= 4 is 25.7 Å². The molecule has 0 aromatic rings. The van der Waals surface area contributed by atoms with Gasteiger partial charge in [-0.05, 0) is 128 Å². The lowest BCUT2D eigenvalue weighted by molar-refractivity contribution is -0.161. The standard InChI is InChI=1S/C58H91O11P/c1-4-7-10-13-16-19-22-25-27-30-32-35-38-41-44-47-56(60)65-51-55(69-58(62)49-46-43-40-37-34-31-28-26-23-20-17-14-11-8-5-2)53-67-70(63,64)66-52-54(50-59)68-57(61)48-45-42-39-36-33-29-24-21-18-15-12-9-6-3/h7-12,16-21,25-29,32-35,37,54-55,59H,4-6,13-15,22-24,30-31,36,38-53H2,1-3H3,(H,63,64)/b10-7-,11-8-,12-9-,19-16-,20-17-,21-18-,27-25-,28-26-,33-29-,35-32-,37-34-. The zero-order valence-corrected chi connectivity index (χ0v) is 44.1. The van der Waals surface area contributed by atoms with E-state index in [1.165, 1.54) is 0 Å². The molecular formula is C58H91O11P. The number of phosphoric ester groups is 1. The highest BCUT2D eigenvalue weighted by Crippen LogP contribution is 2.43. The number of aliphatic hydroxyl groups is 1. The molecule has 0 heterocycles. The maximum Gasteiger partial charge on any atom is 0.472 e. The van der Waals surface area contributed by atoms with Gasteiger partial charge >= 0.3 is 25.7 Å². The molecule has 0 aromatic heterocycles. The fourth-order valence-corrected chi connectivity index (χ4v) is 6.96. The first-order chi connectivity index (χ1) is 34.2. The minimum Gasteiger partial charge on any atom is -0.462 e. The molecule has 12 heteroatoms. The number of ether oxygens (including phenoxy) is 3. The molecule has 2 N–H and O–H groups in total. The number of allylic oxidation sites excluding steroid dienone is 22. The summed E-state index contributed by atoms with van der Waals surface area (Å²) in [5, 5.41) is 9.77. The van der Waals surface area contributed by atoms with E-state index in [2.05, 4.69) is 154 Å². The molecule has 0 saturated carbocycles. The Balaban J connectivity index is 4.92. The predicted octanol–water partition coefficient (Wildman–Crippen LogP) is 15.0. The van der Waals surface area contributed by atoms with Crippen molar-refractivity contribution in [2.24, 2.45) is 0 Å². The van der Waals surface area contributed by atoms with Crippen molar-refractivity contribution in [3.05, 3.63) is 134 Å². The Morgan fingerprint density at radius 1 is 0.400 bits per heavy atom. The summed E-state index contributed by atoms with van der Waals surface area (Å²) < 4.78 is 39.3. The van der Waals surface area contributed by atoms with Gasteiger partial charge in [-0.15, -0.1) is 0 Å². The van der Waals surface area contributed by atoms with Crippen LogP contribution in [0.25, 0.3) is 0 Å². The molecule has 3 unspecified atom stereocenters. The monoisotopic (exact) mass is 995 g/mol. The van der Waals surface area contributed by atoms with Crippen LogP contribution in [0.4, 0.5) is 0 Å². The molecule has 0 radical (unpaired) electrons. The Bertz CT molecular complexity index is 1680. The molecule has 0 aromatic carbocycles. The Morgan fingerprint density at radius 2 is 0.700 bits per heavy atom. The highest BCUT2D eigenvalue weighted by Gasteiger charge is 2.28. The van der Waals surface area contributed by atoms with Crippen LogP contribution in [0.1, 0.15) is 175 Å². The van der Waals surface area contributed by atoms with Crippen LogP contribution in [0.2, 0.25) is 0 Å². The number of hydrogen-bond acceptors (Lipinski definition) is 10. The number of aliphatic hydroxyl groups excluding tert-OH is 1. The predicted molar refractivity (Wildman–Crippen MR) is 288 cm³/mol. The molecule has 0 saturated heterocycles. The highest BCUT2D eigenvalue weighted by molar-refractivity contribution is 7.47. The molecule has 3 atom stereocenters. The number of unbranched alkanes of at least 4 members (excludes halogenated alkanes) is 7. The molecule has 394 valence electrons. The molecule has 0 fully saturated rings. The van der Waals surface area contributed by atoms with Gasteiger partial charge in [0.25, 0.3) is 0 Å². The summed E-state index contributed by atoms with van der Waals surface area (Å²) in [5.74, 6) is -1.62. The number of carbonyl (C=O) groups is 3. The minimum atomic E-state index is -4.78. The van der Waals surface area contributed by atoms with Crippen molar-refractivity contribution in [3.63, 3.8) is 0 Å². The highest BCUT2D eigenvalue weighted by atomic mass is 31.2. The Kier molecular flexibility index (Phi) is 47.8. The normalized spacial score (nSPS) is 14.5. The van der Waals surface area contributed by atoms with E-state index in [9.17, 15) is 28.9 Å². The number of rotatable bonds is 46. The van der Waals surface area contributed by atoms with Crippen molar-refractivity contribution in [1.29, 1.82) is 0 Å². The fraction of sp³-hybridized carbons (Fsp3) is 0.569. The summed E-state index contributed by atoms with van der Waals surface area (Å²) in [5.41, 5.74) is 0. The maximum absolute atomic E-state index is 12.9. The van der Waals surface area contributed by atoms with Gasteiger partial charge in [-0.1, -0.05) is 161 Å². The first-order valence-electron chi connectivity index (χ1n) is 26.1. The van der Waals surface area contributed by atoms with Gasteiger partial charge in [0.2, 0.25) is 0 Å². The van der Waals surface area contributed by atoms with Crippen LogP contribution in [0.3, 0.4) is 0 Å². The average Bonchev–Trinajstić information content (AvgIpc) is 3.35. The van der Waals surface area contributed by atoms with Crippen molar-refractivity contribution in [2.75, 3.05) is 26.4 Å². The first kappa shape index (κ1) is 65.6. The van der Waals surface area contributed by atoms with Crippen LogP contribution in [-0.4, -0.2) is 66.5 Å². The molecule has 0 rings (SSSR count). The van der Waals surface area contributed by atoms with Gasteiger partial charge in [0.1, 0.15) is 12.7 Å². The molecule has 0 bridgehead atoms. The summed E-state index contributed by atoms with van der Waals surface area (Å²) in [4.78, 5) is 48.3. The van der Waals surface area contributed by atoms with Crippen LogP contribution in [0.5, 0.6) is 0 Å². The number of carbonyl (C=O) groups excluding carboxylic acids is 3. The lowest BCUT2D eigenvalue weighted by atomic mass is 10.1. The van der Waals surface area contributed by atoms with Crippen LogP contribution in [-0.2, 0) is 42.2 Å². The molecule has 11 nitrogen and oxygen atoms in total. The van der Waals surface area contributed by atoms with Crippen molar-refractivity contribution < 1.29 is 52.2 Å². The summed E-state index contributed by atoms with van der Waals surface area (Å²) in [6.45, 7) is 4.12. The molecule has 70 heavy (non-hydrogen) atoms. The quantitative estimate of drug-likeness (QED) is 0.0197. The van der Waals surface area contributed by atoms with Gasteiger partial charge in [0.05, 0.1) is 19.8 Å². The van der Waals surface area contributed by atoms with Crippen LogP contribution in [0, 0.1) is 0 Å². The summed E-state index contributed by atoms with van der Waals surface area (Å²) >= 11 is 0. The molecular weight excluding hydrogens is 904 g/mol. The summed E-state index contributed by atoms with van der Waals surface area (Å²) in [6.07, 6.45) is 62.9. The van der Waals surface area contributed by atoms with Gasteiger partial charge in [0.15, 0.2) is 6.10 Å².